The maximum absolute atomic E-state index is 12.9. The second-order valence-corrected chi connectivity index (χ2v) is 7.79. The zero-order valence-electron chi connectivity index (χ0n) is 19.3. The molecule has 0 saturated carbocycles. The maximum Gasteiger partial charge on any atom is 0.305 e. The van der Waals surface area contributed by atoms with Gasteiger partial charge in [-0.25, -0.2) is 0 Å². The number of esters is 1. The largest absolute Gasteiger partial charge is 0.493 e. The molecule has 174 valence electrons. The Bertz CT molecular complexity index is 1010. The van der Waals surface area contributed by atoms with Gasteiger partial charge < -0.3 is 18.8 Å². The van der Waals surface area contributed by atoms with E-state index in [1.165, 1.54) is 0 Å². The van der Waals surface area contributed by atoms with Gasteiger partial charge >= 0.3 is 5.97 Å². The van der Waals surface area contributed by atoms with E-state index >= 15 is 0 Å². The van der Waals surface area contributed by atoms with Gasteiger partial charge in [-0.2, -0.15) is 0 Å². The van der Waals surface area contributed by atoms with Gasteiger partial charge in [0.1, 0.15) is 11.5 Å². The number of benzene rings is 2. The molecular weight excluding hydrogens is 418 g/mol. The molecule has 0 aliphatic rings. The highest BCUT2D eigenvalue weighted by molar-refractivity contribution is 5.94. The molecule has 0 N–H and O–H groups in total. The number of hydrogen-bond acceptors (Lipinski definition) is 5. The molecule has 1 heterocycles. The van der Waals surface area contributed by atoms with Crippen LogP contribution in [-0.2, 0) is 16.1 Å². The standard InChI is InChI=1S/C27H31NO5/c1-3-31-26(29)13-5-4-8-18-32-25-11-7-6-10-23(25)20-28(2)27(30)22-16-14-21(15-17-22)24-12-9-19-33-24/h6-7,9-12,14-17,19H,3-5,8,13,18,20H2,1-2H3. The number of carbonyl (C=O) groups excluding carboxylic acids is 2. The van der Waals surface area contributed by atoms with Crippen LogP contribution < -0.4 is 4.74 Å². The van der Waals surface area contributed by atoms with Crippen molar-refractivity contribution in [2.75, 3.05) is 20.3 Å². The summed E-state index contributed by atoms with van der Waals surface area (Å²) in [6, 6.07) is 18.9. The van der Waals surface area contributed by atoms with Gasteiger partial charge in [0.2, 0.25) is 0 Å². The predicted octanol–water partition coefficient (Wildman–Crippen LogP) is 5.72. The summed E-state index contributed by atoms with van der Waals surface area (Å²) in [5.74, 6) is 1.34. The Morgan fingerprint density at radius 3 is 2.45 bits per heavy atom. The van der Waals surface area contributed by atoms with Crippen LogP contribution in [0.4, 0.5) is 0 Å². The summed E-state index contributed by atoms with van der Waals surface area (Å²) < 4.78 is 16.3. The summed E-state index contributed by atoms with van der Waals surface area (Å²) in [4.78, 5) is 26.0. The van der Waals surface area contributed by atoms with Crippen molar-refractivity contribution >= 4 is 11.9 Å². The molecule has 0 aliphatic heterocycles. The van der Waals surface area contributed by atoms with Crippen molar-refractivity contribution in [1.82, 2.24) is 4.90 Å². The van der Waals surface area contributed by atoms with Crippen molar-refractivity contribution in [1.29, 1.82) is 0 Å². The van der Waals surface area contributed by atoms with Crippen LogP contribution in [0.25, 0.3) is 11.3 Å². The van der Waals surface area contributed by atoms with Crippen molar-refractivity contribution in [3.05, 3.63) is 78.1 Å². The van der Waals surface area contributed by atoms with Gasteiger partial charge in [-0.15, -0.1) is 0 Å². The average molecular weight is 450 g/mol. The topological polar surface area (TPSA) is 69.0 Å². The van der Waals surface area contributed by atoms with E-state index in [1.54, 1.807) is 18.2 Å². The SMILES string of the molecule is CCOC(=O)CCCCCOc1ccccc1CN(C)C(=O)c1ccc(-c2ccco2)cc1. The number of rotatable bonds is 12. The fourth-order valence-electron chi connectivity index (χ4n) is 3.51. The summed E-state index contributed by atoms with van der Waals surface area (Å²) in [5.41, 5.74) is 2.50. The van der Waals surface area contributed by atoms with Crippen LogP contribution in [0, 0.1) is 0 Å². The molecule has 3 rings (SSSR count). The minimum absolute atomic E-state index is 0.0604. The lowest BCUT2D eigenvalue weighted by atomic mass is 10.1. The van der Waals surface area contributed by atoms with Crippen LogP contribution in [-0.4, -0.2) is 37.0 Å². The Hall–Kier alpha value is -3.54. The van der Waals surface area contributed by atoms with E-state index in [9.17, 15) is 9.59 Å². The van der Waals surface area contributed by atoms with Crippen LogP contribution in [0.1, 0.15) is 48.5 Å². The number of nitrogens with zero attached hydrogens (tertiary/aromatic N) is 1. The Morgan fingerprint density at radius 1 is 0.939 bits per heavy atom. The van der Waals surface area contributed by atoms with Gasteiger partial charge in [0.25, 0.3) is 5.91 Å². The summed E-state index contributed by atoms with van der Waals surface area (Å²) in [5, 5.41) is 0. The molecule has 1 aromatic heterocycles. The first kappa shape index (κ1) is 24.1. The first-order chi connectivity index (χ1) is 16.1. The molecule has 0 atom stereocenters. The molecule has 0 bridgehead atoms. The second kappa shape index (κ2) is 12.5. The predicted molar refractivity (Wildman–Crippen MR) is 127 cm³/mol. The highest BCUT2D eigenvalue weighted by atomic mass is 16.5. The van der Waals surface area contributed by atoms with E-state index in [4.69, 9.17) is 13.9 Å². The maximum atomic E-state index is 12.9. The fourth-order valence-corrected chi connectivity index (χ4v) is 3.51. The van der Waals surface area contributed by atoms with Crippen LogP contribution in [0.15, 0.2) is 71.3 Å². The minimum atomic E-state index is -0.146. The monoisotopic (exact) mass is 449 g/mol. The number of amides is 1. The molecule has 33 heavy (non-hydrogen) atoms. The molecule has 0 radical (unpaired) electrons. The van der Waals surface area contributed by atoms with Gasteiger partial charge in [-0.3, -0.25) is 9.59 Å². The highest BCUT2D eigenvalue weighted by Gasteiger charge is 2.15. The van der Waals surface area contributed by atoms with Gasteiger partial charge in [-0.05, 0) is 56.5 Å². The lowest BCUT2D eigenvalue weighted by Gasteiger charge is -2.19. The van der Waals surface area contributed by atoms with Crippen molar-refractivity contribution in [3.63, 3.8) is 0 Å². The lowest BCUT2D eigenvalue weighted by molar-refractivity contribution is -0.143. The third-order valence-electron chi connectivity index (χ3n) is 5.25. The van der Waals surface area contributed by atoms with E-state index in [1.807, 2.05) is 67.6 Å². The number of para-hydroxylation sites is 1. The van der Waals surface area contributed by atoms with Crippen LogP contribution in [0.3, 0.4) is 0 Å². The molecule has 0 aliphatic carbocycles. The number of ether oxygens (including phenoxy) is 2. The molecule has 3 aromatic rings. The molecular formula is C27H31NO5. The van der Waals surface area contributed by atoms with E-state index < -0.39 is 0 Å². The van der Waals surface area contributed by atoms with Gasteiger partial charge in [-0.1, -0.05) is 30.3 Å². The van der Waals surface area contributed by atoms with Gasteiger partial charge in [0, 0.05) is 36.7 Å². The first-order valence-corrected chi connectivity index (χ1v) is 11.3. The van der Waals surface area contributed by atoms with E-state index in [-0.39, 0.29) is 11.9 Å². The Morgan fingerprint density at radius 2 is 1.73 bits per heavy atom. The van der Waals surface area contributed by atoms with Crippen LogP contribution in [0.5, 0.6) is 5.75 Å². The quantitative estimate of drug-likeness (QED) is 0.261. The fraction of sp³-hybridized carbons (Fsp3) is 0.333. The summed E-state index contributed by atoms with van der Waals surface area (Å²) in [6.07, 6.45) is 4.61. The third-order valence-corrected chi connectivity index (χ3v) is 5.25. The van der Waals surface area contributed by atoms with Crippen molar-refractivity contribution in [2.24, 2.45) is 0 Å². The van der Waals surface area contributed by atoms with Crippen molar-refractivity contribution < 1.29 is 23.5 Å². The number of hydrogen-bond donors (Lipinski definition) is 0. The molecule has 1 amide bonds. The van der Waals surface area contributed by atoms with Gasteiger partial charge in [0.15, 0.2) is 0 Å². The molecule has 6 nitrogen and oxygen atoms in total. The third kappa shape index (κ3) is 7.24. The van der Waals surface area contributed by atoms with E-state index in [2.05, 4.69) is 0 Å². The van der Waals surface area contributed by atoms with E-state index in [0.29, 0.717) is 31.7 Å². The highest BCUT2D eigenvalue weighted by Crippen LogP contribution is 2.23. The summed E-state index contributed by atoms with van der Waals surface area (Å²) >= 11 is 0. The molecule has 0 saturated heterocycles. The molecule has 6 heteroatoms. The molecule has 0 spiro atoms. The van der Waals surface area contributed by atoms with Crippen molar-refractivity contribution in [2.45, 2.75) is 39.2 Å². The zero-order chi connectivity index (χ0) is 23.5. The van der Waals surface area contributed by atoms with E-state index in [0.717, 1.165) is 41.9 Å². The normalized spacial score (nSPS) is 10.6. The zero-order valence-corrected chi connectivity index (χ0v) is 19.3. The lowest BCUT2D eigenvalue weighted by Crippen LogP contribution is -2.26. The van der Waals surface area contributed by atoms with Crippen molar-refractivity contribution in [3.8, 4) is 17.1 Å². The molecule has 0 unspecified atom stereocenters. The first-order valence-electron chi connectivity index (χ1n) is 11.3. The summed E-state index contributed by atoms with van der Waals surface area (Å²) in [6.45, 7) is 3.24. The minimum Gasteiger partial charge on any atom is -0.493 e. The number of carbonyl (C=O) groups is 2. The van der Waals surface area contributed by atoms with Gasteiger partial charge in [0.05, 0.1) is 19.5 Å². The summed E-state index contributed by atoms with van der Waals surface area (Å²) in [7, 11) is 1.79. The Labute approximate surface area is 195 Å². The number of furan rings is 1. The second-order valence-electron chi connectivity index (χ2n) is 7.79. The number of unbranched alkanes of at least 4 members (excludes halogenated alkanes) is 2. The molecule has 2 aromatic carbocycles. The molecule has 0 fully saturated rings. The van der Waals surface area contributed by atoms with Crippen LogP contribution in [0.2, 0.25) is 0 Å². The Kier molecular flexibility index (Phi) is 9.12. The average Bonchev–Trinajstić information content (AvgIpc) is 3.37. The smallest absolute Gasteiger partial charge is 0.305 e. The van der Waals surface area contributed by atoms with Crippen LogP contribution >= 0.6 is 0 Å². The Balaban J connectivity index is 1.50.